The van der Waals surface area contributed by atoms with Gasteiger partial charge in [-0.1, -0.05) is 6.92 Å². The van der Waals surface area contributed by atoms with Crippen molar-refractivity contribution in [3.05, 3.63) is 0 Å². The molecular formula is C9H16N2O5. The maximum atomic E-state index is 11.3. The van der Waals surface area contributed by atoms with Crippen molar-refractivity contribution in [2.45, 2.75) is 31.8 Å². The standard InChI is InChI=1S/C9H16N2O5/c1-3-5(10)8(13)11-6(9(14)15)4-7(12)16-2/h5-6H,3-4,10H2,1-2H3,(H,11,13)(H,14,15)/t5-,6+/m1/s1. The smallest absolute Gasteiger partial charge is 0.326 e. The number of carbonyl (C=O) groups is 3. The van der Waals surface area contributed by atoms with E-state index >= 15 is 0 Å². The third-order valence-electron chi connectivity index (χ3n) is 1.99. The van der Waals surface area contributed by atoms with Crippen molar-refractivity contribution in [1.82, 2.24) is 5.32 Å². The summed E-state index contributed by atoms with van der Waals surface area (Å²) in [6.45, 7) is 1.69. The van der Waals surface area contributed by atoms with Gasteiger partial charge in [0.05, 0.1) is 19.6 Å². The third kappa shape index (κ3) is 4.74. The van der Waals surface area contributed by atoms with Crippen LogP contribution in [0.1, 0.15) is 19.8 Å². The number of carbonyl (C=O) groups excluding carboxylic acids is 2. The molecule has 92 valence electrons. The molecule has 0 aliphatic carbocycles. The number of amides is 1. The van der Waals surface area contributed by atoms with E-state index < -0.39 is 36.4 Å². The van der Waals surface area contributed by atoms with Gasteiger partial charge in [-0.3, -0.25) is 9.59 Å². The van der Waals surface area contributed by atoms with E-state index in [0.717, 1.165) is 7.11 Å². The number of hydrogen-bond donors (Lipinski definition) is 3. The fourth-order valence-electron chi connectivity index (χ4n) is 0.914. The van der Waals surface area contributed by atoms with Gasteiger partial charge in [0.25, 0.3) is 0 Å². The Balaban J connectivity index is 4.40. The number of ether oxygens (including phenoxy) is 1. The summed E-state index contributed by atoms with van der Waals surface area (Å²) in [7, 11) is 1.14. The second kappa shape index (κ2) is 6.78. The highest BCUT2D eigenvalue weighted by molar-refractivity contribution is 5.89. The van der Waals surface area contributed by atoms with Crippen LogP contribution in [-0.2, 0) is 19.1 Å². The largest absolute Gasteiger partial charge is 0.480 e. The predicted molar refractivity (Wildman–Crippen MR) is 54.5 cm³/mol. The van der Waals surface area contributed by atoms with E-state index in [4.69, 9.17) is 10.8 Å². The number of nitrogens with two attached hydrogens (primary N) is 1. The number of rotatable bonds is 6. The fourth-order valence-corrected chi connectivity index (χ4v) is 0.914. The van der Waals surface area contributed by atoms with Crippen LogP contribution >= 0.6 is 0 Å². The molecule has 0 fully saturated rings. The molecule has 2 atom stereocenters. The quantitative estimate of drug-likeness (QED) is 0.498. The van der Waals surface area contributed by atoms with Gasteiger partial charge in [-0.05, 0) is 6.42 Å². The lowest BCUT2D eigenvalue weighted by atomic mass is 10.1. The van der Waals surface area contributed by atoms with Gasteiger partial charge in [-0.15, -0.1) is 0 Å². The summed E-state index contributed by atoms with van der Waals surface area (Å²) in [6.07, 6.45) is -0.0373. The Morgan fingerprint density at radius 1 is 1.44 bits per heavy atom. The van der Waals surface area contributed by atoms with Gasteiger partial charge in [0.1, 0.15) is 6.04 Å². The highest BCUT2D eigenvalue weighted by Crippen LogP contribution is 1.97. The topological polar surface area (TPSA) is 119 Å². The van der Waals surface area contributed by atoms with Crippen molar-refractivity contribution in [2.24, 2.45) is 5.73 Å². The van der Waals surface area contributed by atoms with Crippen LogP contribution in [0.2, 0.25) is 0 Å². The Morgan fingerprint density at radius 2 is 2.00 bits per heavy atom. The van der Waals surface area contributed by atoms with E-state index in [0.29, 0.717) is 6.42 Å². The molecule has 0 bridgehead atoms. The maximum Gasteiger partial charge on any atom is 0.326 e. The Labute approximate surface area is 92.9 Å². The molecule has 4 N–H and O–H groups in total. The third-order valence-corrected chi connectivity index (χ3v) is 1.99. The maximum absolute atomic E-state index is 11.3. The van der Waals surface area contributed by atoms with Crippen LogP contribution < -0.4 is 11.1 Å². The Hall–Kier alpha value is -1.63. The summed E-state index contributed by atoms with van der Waals surface area (Å²) in [4.78, 5) is 32.9. The minimum absolute atomic E-state index is 0.385. The molecule has 0 heterocycles. The Kier molecular flexibility index (Phi) is 6.09. The number of methoxy groups -OCH3 is 1. The molecule has 0 rings (SSSR count). The first kappa shape index (κ1) is 14.4. The zero-order valence-electron chi connectivity index (χ0n) is 9.23. The van der Waals surface area contributed by atoms with Crippen LogP contribution in [0.25, 0.3) is 0 Å². The number of carboxylic acid groups (broad SMARTS) is 1. The molecule has 0 aromatic rings. The van der Waals surface area contributed by atoms with Crippen LogP contribution in [0.4, 0.5) is 0 Å². The molecular weight excluding hydrogens is 216 g/mol. The lowest BCUT2D eigenvalue weighted by molar-refractivity contribution is -0.148. The fraction of sp³-hybridized carbons (Fsp3) is 0.667. The van der Waals surface area contributed by atoms with Crippen molar-refractivity contribution in [2.75, 3.05) is 7.11 Å². The monoisotopic (exact) mass is 232 g/mol. The molecule has 0 aromatic heterocycles. The van der Waals surface area contributed by atoms with Gasteiger partial charge >= 0.3 is 11.9 Å². The van der Waals surface area contributed by atoms with Gasteiger partial charge < -0.3 is 20.9 Å². The highest BCUT2D eigenvalue weighted by atomic mass is 16.5. The summed E-state index contributed by atoms with van der Waals surface area (Å²) in [5, 5.41) is 10.9. The number of esters is 1. The predicted octanol–water partition coefficient (Wildman–Crippen LogP) is -1.14. The molecule has 0 aliphatic rings. The van der Waals surface area contributed by atoms with Crippen molar-refractivity contribution >= 4 is 17.8 Å². The van der Waals surface area contributed by atoms with Crippen LogP contribution in [0.5, 0.6) is 0 Å². The first-order valence-electron chi connectivity index (χ1n) is 4.77. The van der Waals surface area contributed by atoms with Crippen LogP contribution in [0, 0.1) is 0 Å². The summed E-state index contributed by atoms with van der Waals surface area (Å²) in [5.41, 5.74) is 5.41. The van der Waals surface area contributed by atoms with Gasteiger partial charge in [0.2, 0.25) is 5.91 Å². The first-order chi connectivity index (χ1) is 7.42. The van der Waals surface area contributed by atoms with Gasteiger partial charge in [0.15, 0.2) is 0 Å². The van der Waals surface area contributed by atoms with E-state index in [1.807, 2.05) is 0 Å². The molecule has 0 aromatic carbocycles. The molecule has 0 saturated carbocycles. The molecule has 0 saturated heterocycles. The second-order valence-electron chi connectivity index (χ2n) is 3.19. The Bertz CT molecular complexity index is 279. The molecule has 0 radical (unpaired) electrons. The molecule has 16 heavy (non-hydrogen) atoms. The summed E-state index contributed by atoms with van der Waals surface area (Å²) < 4.78 is 4.31. The van der Waals surface area contributed by atoms with Crippen LogP contribution in [0.3, 0.4) is 0 Å². The summed E-state index contributed by atoms with van der Waals surface area (Å²) >= 11 is 0. The van der Waals surface area contributed by atoms with Crippen LogP contribution in [0.15, 0.2) is 0 Å². The van der Waals surface area contributed by atoms with Crippen molar-refractivity contribution in [3.63, 3.8) is 0 Å². The lowest BCUT2D eigenvalue weighted by Gasteiger charge is -2.15. The number of hydrogen-bond acceptors (Lipinski definition) is 5. The van der Waals surface area contributed by atoms with Gasteiger partial charge in [0, 0.05) is 0 Å². The van der Waals surface area contributed by atoms with Crippen molar-refractivity contribution < 1.29 is 24.2 Å². The average Bonchev–Trinajstić information content (AvgIpc) is 2.26. The second-order valence-corrected chi connectivity index (χ2v) is 3.19. The molecule has 0 spiro atoms. The summed E-state index contributed by atoms with van der Waals surface area (Å²) in [6, 6.07) is -2.09. The summed E-state index contributed by atoms with van der Waals surface area (Å²) in [5.74, 6) is -2.61. The van der Waals surface area contributed by atoms with E-state index in [-0.39, 0.29) is 0 Å². The lowest BCUT2D eigenvalue weighted by Crippen LogP contribution is -2.49. The Morgan fingerprint density at radius 3 is 2.38 bits per heavy atom. The normalized spacial score (nSPS) is 13.7. The van der Waals surface area contributed by atoms with Crippen molar-refractivity contribution in [1.29, 1.82) is 0 Å². The first-order valence-corrected chi connectivity index (χ1v) is 4.77. The van der Waals surface area contributed by atoms with E-state index in [2.05, 4.69) is 10.1 Å². The zero-order chi connectivity index (χ0) is 12.7. The minimum atomic E-state index is -1.31. The molecule has 7 heteroatoms. The zero-order valence-corrected chi connectivity index (χ0v) is 9.23. The molecule has 0 aliphatic heterocycles. The van der Waals surface area contributed by atoms with E-state index in [9.17, 15) is 14.4 Å². The number of aliphatic carboxylic acids is 1. The van der Waals surface area contributed by atoms with Crippen LogP contribution in [-0.4, -0.2) is 42.1 Å². The highest BCUT2D eigenvalue weighted by Gasteiger charge is 2.25. The number of carboxylic acids is 1. The molecule has 0 unspecified atom stereocenters. The number of nitrogens with one attached hydrogen (secondary N) is 1. The van der Waals surface area contributed by atoms with E-state index in [1.54, 1.807) is 6.92 Å². The average molecular weight is 232 g/mol. The van der Waals surface area contributed by atoms with Gasteiger partial charge in [-0.25, -0.2) is 4.79 Å². The van der Waals surface area contributed by atoms with E-state index in [1.165, 1.54) is 0 Å². The molecule has 1 amide bonds. The minimum Gasteiger partial charge on any atom is -0.480 e. The SMILES string of the molecule is CC[C@@H](N)C(=O)N[C@@H](CC(=O)OC)C(=O)O. The van der Waals surface area contributed by atoms with Gasteiger partial charge in [-0.2, -0.15) is 0 Å². The van der Waals surface area contributed by atoms with Crippen molar-refractivity contribution in [3.8, 4) is 0 Å². The molecule has 7 nitrogen and oxygen atoms in total.